The summed E-state index contributed by atoms with van der Waals surface area (Å²) in [5.74, 6) is 0.608. The first-order valence-corrected chi connectivity index (χ1v) is 10.3. The van der Waals surface area contributed by atoms with Crippen LogP contribution in [0.3, 0.4) is 0 Å². The summed E-state index contributed by atoms with van der Waals surface area (Å²) in [4.78, 5) is 13.4. The molecule has 2 heterocycles. The quantitative estimate of drug-likeness (QED) is 0.545. The monoisotopic (exact) mass is 450 g/mol. The van der Waals surface area contributed by atoms with Gasteiger partial charge in [0.25, 0.3) is 0 Å². The first-order valence-electron chi connectivity index (χ1n) is 9.55. The van der Waals surface area contributed by atoms with E-state index in [4.69, 9.17) is 4.52 Å². The van der Waals surface area contributed by atoms with Crippen LogP contribution in [0, 0.1) is 6.92 Å². The Morgan fingerprint density at radius 2 is 2.00 bits per heavy atom. The highest BCUT2D eigenvalue weighted by Crippen LogP contribution is 2.49. The van der Waals surface area contributed by atoms with Gasteiger partial charge in [-0.15, -0.1) is 0 Å². The third-order valence-electron chi connectivity index (χ3n) is 5.82. The Hall–Kier alpha value is -2.86. The molecule has 29 heavy (non-hydrogen) atoms. The average Bonchev–Trinajstić information content (AvgIpc) is 3.07. The average molecular weight is 451 g/mol. The smallest absolute Gasteiger partial charge is 0.233 e. The molecule has 2 aromatic carbocycles. The molecule has 0 spiro atoms. The number of fused-ring (bicyclic) bond motifs is 1. The van der Waals surface area contributed by atoms with Gasteiger partial charge in [0.15, 0.2) is 5.78 Å². The molecule has 0 radical (unpaired) electrons. The number of anilines is 1. The molecule has 0 saturated heterocycles. The Bertz CT molecular complexity index is 1160. The van der Waals surface area contributed by atoms with Gasteiger partial charge in [0.05, 0.1) is 11.3 Å². The van der Waals surface area contributed by atoms with Gasteiger partial charge in [-0.25, -0.2) is 0 Å². The zero-order chi connectivity index (χ0) is 20.1. The zero-order valence-electron chi connectivity index (χ0n) is 15.8. The second-order valence-corrected chi connectivity index (χ2v) is 8.52. The molecule has 3 aromatic rings. The van der Waals surface area contributed by atoms with E-state index < -0.39 is 0 Å². The number of ketones is 1. The molecule has 0 bridgehead atoms. The van der Waals surface area contributed by atoms with Gasteiger partial charge >= 0.3 is 0 Å². The number of halogens is 1. The number of allylic oxidation sites excluding steroid dienone is 2. The molecular formula is C23H19BrN2O3. The van der Waals surface area contributed by atoms with Crippen LogP contribution >= 0.6 is 15.9 Å². The van der Waals surface area contributed by atoms with Crippen LogP contribution in [-0.4, -0.2) is 16.0 Å². The number of rotatable bonds is 2. The number of aromatic nitrogens is 1. The minimum Gasteiger partial charge on any atom is -0.508 e. The van der Waals surface area contributed by atoms with E-state index in [0.717, 1.165) is 38.1 Å². The molecule has 5 nitrogen and oxygen atoms in total. The van der Waals surface area contributed by atoms with Crippen molar-refractivity contribution < 1.29 is 14.4 Å². The fourth-order valence-electron chi connectivity index (χ4n) is 4.54. The predicted molar refractivity (Wildman–Crippen MR) is 113 cm³/mol. The molecule has 1 aromatic heterocycles. The van der Waals surface area contributed by atoms with Crippen LogP contribution in [0.25, 0.3) is 0 Å². The molecule has 1 aliphatic carbocycles. The Morgan fingerprint density at radius 1 is 1.17 bits per heavy atom. The normalized spacial score (nSPS) is 20.8. The predicted octanol–water partition coefficient (Wildman–Crippen LogP) is 5.41. The summed E-state index contributed by atoms with van der Waals surface area (Å²) in [7, 11) is 0. The van der Waals surface area contributed by atoms with Crippen LogP contribution in [-0.2, 0) is 4.79 Å². The van der Waals surface area contributed by atoms with E-state index in [1.165, 1.54) is 0 Å². The first-order chi connectivity index (χ1) is 14.0. The molecular weight excluding hydrogens is 432 g/mol. The summed E-state index contributed by atoms with van der Waals surface area (Å²) in [5, 5.41) is 17.7. The van der Waals surface area contributed by atoms with Crippen LogP contribution in [0.1, 0.15) is 47.1 Å². The van der Waals surface area contributed by atoms with Crippen molar-refractivity contribution in [3.8, 4) is 5.75 Å². The molecule has 6 heteroatoms. The van der Waals surface area contributed by atoms with Crippen LogP contribution in [0.5, 0.6) is 5.75 Å². The first kappa shape index (κ1) is 18.2. The van der Waals surface area contributed by atoms with Crippen LogP contribution in [0.2, 0.25) is 0 Å². The highest BCUT2D eigenvalue weighted by atomic mass is 79.9. The van der Waals surface area contributed by atoms with Gasteiger partial charge in [-0.1, -0.05) is 51.4 Å². The van der Waals surface area contributed by atoms with E-state index in [9.17, 15) is 9.90 Å². The lowest BCUT2D eigenvalue weighted by atomic mass is 9.72. The number of carbonyl (C=O) groups is 1. The van der Waals surface area contributed by atoms with E-state index in [2.05, 4.69) is 26.4 Å². The van der Waals surface area contributed by atoms with Gasteiger partial charge in [-0.3, -0.25) is 4.79 Å². The molecule has 0 fully saturated rings. The van der Waals surface area contributed by atoms with E-state index in [-0.39, 0.29) is 23.4 Å². The molecule has 146 valence electrons. The zero-order valence-corrected chi connectivity index (χ0v) is 17.4. The highest BCUT2D eigenvalue weighted by Gasteiger charge is 2.41. The number of nitrogens with one attached hydrogen (secondary N) is 1. The third-order valence-corrected chi connectivity index (χ3v) is 6.31. The molecule has 5 rings (SSSR count). The van der Waals surface area contributed by atoms with Gasteiger partial charge in [0.2, 0.25) is 5.88 Å². The van der Waals surface area contributed by atoms with Crippen molar-refractivity contribution in [1.29, 1.82) is 0 Å². The van der Waals surface area contributed by atoms with E-state index in [1.54, 1.807) is 12.1 Å². The van der Waals surface area contributed by atoms with Crippen molar-refractivity contribution in [1.82, 2.24) is 5.16 Å². The Kier molecular flexibility index (Phi) is 4.32. The number of benzene rings is 2. The molecule has 2 N–H and O–H groups in total. The Labute approximate surface area is 176 Å². The number of Topliss-reactive ketones (excluding diaryl/α,β-unsaturated/α-hetero) is 1. The molecule has 2 atom stereocenters. The number of hydrogen-bond donors (Lipinski definition) is 2. The minimum absolute atomic E-state index is 0.0799. The lowest BCUT2D eigenvalue weighted by Crippen LogP contribution is -2.29. The number of para-hydroxylation sites is 1. The summed E-state index contributed by atoms with van der Waals surface area (Å²) < 4.78 is 6.51. The van der Waals surface area contributed by atoms with Gasteiger partial charge < -0.3 is 14.9 Å². The second-order valence-electron chi connectivity index (χ2n) is 7.60. The van der Waals surface area contributed by atoms with Crippen molar-refractivity contribution in [2.24, 2.45) is 0 Å². The van der Waals surface area contributed by atoms with Gasteiger partial charge in [0, 0.05) is 34.0 Å². The minimum atomic E-state index is -0.220. The lowest BCUT2D eigenvalue weighted by Gasteiger charge is -2.34. The maximum Gasteiger partial charge on any atom is 0.233 e. The molecule has 0 unspecified atom stereocenters. The summed E-state index contributed by atoms with van der Waals surface area (Å²) in [6.45, 7) is 1.90. The number of hydrogen-bond acceptors (Lipinski definition) is 5. The molecule has 0 amide bonds. The van der Waals surface area contributed by atoms with Crippen LogP contribution in [0.15, 0.2) is 68.8 Å². The highest BCUT2D eigenvalue weighted by molar-refractivity contribution is 9.10. The van der Waals surface area contributed by atoms with Crippen molar-refractivity contribution in [3.63, 3.8) is 0 Å². The van der Waals surface area contributed by atoms with Gasteiger partial charge in [-0.05, 0) is 42.7 Å². The second kappa shape index (κ2) is 6.88. The number of phenolic OH excluding ortho intramolecular Hbond substituents is 1. The number of carbonyl (C=O) groups excluding carboxylic acids is 1. The summed E-state index contributed by atoms with van der Waals surface area (Å²) in [6.07, 6.45) is 0.991. The molecule has 0 saturated carbocycles. The third kappa shape index (κ3) is 2.99. The van der Waals surface area contributed by atoms with Gasteiger partial charge in [0.1, 0.15) is 5.75 Å². The van der Waals surface area contributed by atoms with Crippen molar-refractivity contribution in [2.45, 2.75) is 31.6 Å². The Morgan fingerprint density at radius 3 is 2.79 bits per heavy atom. The largest absolute Gasteiger partial charge is 0.508 e. The fourth-order valence-corrected chi connectivity index (χ4v) is 4.96. The number of phenols is 1. The van der Waals surface area contributed by atoms with Crippen molar-refractivity contribution in [3.05, 3.63) is 86.7 Å². The van der Waals surface area contributed by atoms with Crippen LogP contribution < -0.4 is 5.32 Å². The maximum atomic E-state index is 13.4. The molecule has 1 aliphatic heterocycles. The van der Waals surface area contributed by atoms with Crippen molar-refractivity contribution >= 4 is 27.6 Å². The SMILES string of the molecule is Cc1noc2c1[C@H](c1cccc(Br)c1)C1=C(C[C@@H](c3ccccc3O)CC1=O)N2. The number of aromatic hydroxyl groups is 1. The van der Waals surface area contributed by atoms with Gasteiger partial charge in [-0.2, -0.15) is 0 Å². The Balaban J connectivity index is 1.64. The van der Waals surface area contributed by atoms with E-state index in [1.807, 2.05) is 43.3 Å². The topological polar surface area (TPSA) is 75.4 Å². The van der Waals surface area contributed by atoms with E-state index >= 15 is 0 Å². The number of aryl methyl sites for hydroxylation is 1. The standard InChI is InChI=1S/C23H19BrN2O3/c1-12-20-21(13-5-4-6-15(24)9-13)22-17(25-23(20)29-26-12)10-14(11-19(22)28)16-7-2-3-8-18(16)27/h2-9,14,21,25,27H,10-11H2,1H3/t14-,21+/m1/s1. The maximum absolute atomic E-state index is 13.4. The van der Waals surface area contributed by atoms with Crippen molar-refractivity contribution in [2.75, 3.05) is 5.32 Å². The lowest BCUT2D eigenvalue weighted by molar-refractivity contribution is -0.116. The number of nitrogens with zero attached hydrogens (tertiary/aromatic N) is 1. The summed E-state index contributed by atoms with van der Waals surface area (Å²) in [6, 6.07) is 15.3. The summed E-state index contributed by atoms with van der Waals surface area (Å²) >= 11 is 3.55. The summed E-state index contributed by atoms with van der Waals surface area (Å²) in [5.41, 5.74) is 5.13. The molecule has 2 aliphatic rings. The van der Waals surface area contributed by atoms with E-state index in [0.29, 0.717) is 18.7 Å². The fraction of sp³-hybridized carbons (Fsp3) is 0.217. The van der Waals surface area contributed by atoms with Crippen LogP contribution in [0.4, 0.5) is 5.88 Å².